The molecule has 3 heteroatoms. The highest BCUT2D eigenvalue weighted by molar-refractivity contribution is 5.50. The van der Waals surface area contributed by atoms with Crippen molar-refractivity contribution in [3.8, 4) is 11.5 Å². The molecule has 0 radical (unpaired) electrons. The first kappa shape index (κ1) is 11.3. The quantitative estimate of drug-likeness (QED) is 0.804. The first-order valence-electron chi connectivity index (χ1n) is 5.80. The number of hydrogen-bond donors (Lipinski definition) is 2. The number of aromatic hydroxyl groups is 1. The number of methoxy groups -OCH3 is 1. The maximum Gasteiger partial charge on any atom is 0.161 e. The summed E-state index contributed by atoms with van der Waals surface area (Å²) in [6.07, 6.45) is 2.30. The van der Waals surface area contributed by atoms with Gasteiger partial charge in [0.25, 0.3) is 0 Å². The Morgan fingerprint density at radius 2 is 2.25 bits per heavy atom. The van der Waals surface area contributed by atoms with Crippen molar-refractivity contribution in [2.24, 2.45) is 0 Å². The summed E-state index contributed by atoms with van der Waals surface area (Å²) in [4.78, 5) is 0. The van der Waals surface area contributed by atoms with Crippen LogP contribution in [0.4, 0.5) is 0 Å². The van der Waals surface area contributed by atoms with Gasteiger partial charge in [-0.3, -0.25) is 0 Å². The zero-order valence-electron chi connectivity index (χ0n) is 9.92. The fraction of sp³-hybridized carbons (Fsp3) is 0.538. The average Bonchev–Trinajstić information content (AvgIpc) is 2.33. The molecule has 88 valence electrons. The molecule has 0 aromatic heterocycles. The number of hydrogen-bond acceptors (Lipinski definition) is 3. The first-order valence-corrected chi connectivity index (χ1v) is 5.80. The van der Waals surface area contributed by atoms with Crippen LogP contribution in [0.25, 0.3) is 0 Å². The molecular formula is C13H19NO2. The molecule has 16 heavy (non-hydrogen) atoms. The van der Waals surface area contributed by atoms with Crippen molar-refractivity contribution in [1.29, 1.82) is 0 Å². The number of aryl methyl sites for hydroxylation is 1. The summed E-state index contributed by atoms with van der Waals surface area (Å²) < 4.78 is 5.19. The average molecular weight is 221 g/mol. The highest BCUT2D eigenvalue weighted by Gasteiger charge is 2.20. The molecule has 1 atom stereocenters. The third kappa shape index (κ3) is 2.14. The number of ether oxygens (including phenoxy) is 1. The Bertz CT molecular complexity index is 370. The number of phenolic OH excluding ortho intramolecular Hbond substituents is 1. The molecule has 1 aromatic carbocycles. The largest absolute Gasteiger partial charge is 0.504 e. The van der Waals surface area contributed by atoms with Crippen LogP contribution in [0.3, 0.4) is 0 Å². The van der Waals surface area contributed by atoms with Crippen molar-refractivity contribution in [1.82, 2.24) is 5.32 Å². The van der Waals surface area contributed by atoms with E-state index in [0.29, 0.717) is 17.4 Å². The molecule has 3 nitrogen and oxygen atoms in total. The number of piperidine rings is 1. The number of nitrogens with one attached hydrogen (secondary N) is 1. The SMILES string of the molecule is COc1cc(C)cc(C2CCCNC2)c1O. The van der Waals surface area contributed by atoms with Crippen LogP contribution in [0.2, 0.25) is 0 Å². The lowest BCUT2D eigenvalue weighted by molar-refractivity contribution is 0.363. The van der Waals surface area contributed by atoms with Crippen molar-refractivity contribution in [2.75, 3.05) is 20.2 Å². The summed E-state index contributed by atoms with van der Waals surface area (Å²) in [5.74, 6) is 1.30. The Morgan fingerprint density at radius 3 is 2.88 bits per heavy atom. The van der Waals surface area contributed by atoms with E-state index in [-0.39, 0.29) is 0 Å². The van der Waals surface area contributed by atoms with Gasteiger partial charge in [-0.1, -0.05) is 6.07 Å². The van der Waals surface area contributed by atoms with Gasteiger partial charge in [0.05, 0.1) is 7.11 Å². The Labute approximate surface area is 96.4 Å². The van der Waals surface area contributed by atoms with Gasteiger partial charge in [-0.15, -0.1) is 0 Å². The third-order valence-corrected chi connectivity index (χ3v) is 3.21. The summed E-state index contributed by atoms with van der Waals surface area (Å²) in [7, 11) is 1.59. The fourth-order valence-electron chi connectivity index (χ4n) is 2.36. The van der Waals surface area contributed by atoms with E-state index in [4.69, 9.17) is 4.74 Å². The molecule has 2 N–H and O–H groups in total. The molecule has 2 rings (SSSR count). The monoisotopic (exact) mass is 221 g/mol. The second-order valence-corrected chi connectivity index (χ2v) is 4.45. The summed E-state index contributed by atoms with van der Waals surface area (Å²) in [6, 6.07) is 3.94. The maximum atomic E-state index is 10.1. The maximum absolute atomic E-state index is 10.1. The molecule has 0 bridgehead atoms. The van der Waals surface area contributed by atoms with Crippen molar-refractivity contribution in [3.63, 3.8) is 0 Å². The minimum atomic E-state index is 0.307. The summed E-state index contributed by atoms with van der Waals surface area (Å²) in [5, 5.41) is 13.5. The Hall–Kier alpha value is -1.22. The summed E-state index contributed by atoms with van der Waals surface area (Å²) in [5.41, 5.74) is 2.15. The van der Waals surface area contributed by atoms with E-state index in [1.807, 2.05) is 13.0 Å². The van der Waals surface area contributed by atoms with Gasteiger partial charge in [-0.25, -0.2) is 0 Å². The van der Waals surface area contributed by atoms with Crippen molar-refractivity contribution in [2.45, 2.75) is 25.7 Å². The van der Waals surface area contributed by atoms with E-state index >= 15 is 0 Å². The van der Waals surface area contributed by atoms with Crippen LogP contribution in [0.1, 0.15) is 29.9 Å². The van der Waals surface area contributed by atoms with Crippen LogP contribution >= 0.6 is 0 Å². The van der Waals surface area contributed by atoms with Gasteiger partial charge in [0, 0.05) is 18.0 Å². The number of rotatable bonds is 2. The van der Waals surface area contributed by atoms with E-state index in [1.54, 1.807) is 7.11 Å². The Balaban J connectivity index is 2.34. The van der Waals surface area contributed by atoms with Gasteiger partial charge < -0.3 is 15.2 Å². The van der Waals surface area contributed by atoms with Gasteiger partial charge in [-0.05, 0) is 37.9 Å². The standard InChI is InChI=1S/C13H19NO2/c1-9-6-11(10-4-3-5-14-8-10)13(15)12(7-9)16-2/h6-7,10,14-15H,3-5,8H2,1-2H3. The zero-order valence-corrected chi connectivity index (χ0v) is 9.92. The van der Waals surface area contributed by atoms with E-state index in [2.05, 4.69) is 11.4 Å². The van der Waals surface area contributed by atoms with Gasteiger partial charge in [0.2, 0.25) is 0 Å². The second-order valence-electron chi connectivity index (χ2n) is 4.45. The van der Waals surface area contributed by atoms with E-state index < -0.39 is 0 Å². The topological polar surface area (TPSA) is 41.5 Å². The molecule has 1 aromatic rings. The fourth-order valence-corrected chi connectivity index (χ4v) is 2.36. The lowest BCUT2D eigenvalue weighted by Crippen LogP contribution is -2.28. The molecule has 1 fully saturated rings. The molecule has 1 heterocycles. The van der Waals surface area contributed by atoms with Crippen LogP contribution in [0, 0.1) is 6.92 Å². The minimum Gasteiger partial charge on any atom is -0.504 e. The van der Waals surface area contributed by atoms with Crippen LogP contribution in [0.5, 0.6) is 11.5 Å². The molecular weight excluding hydrogens is 202 g/mol. The molecule has 0 spiro atoms. The molecule has 1 aliphatic heterocycles. The highest BCUT2D eigenvalue weighted by atomic mass is 16.5. The molecule has 0 amide bonds. The van der Waals surface area contributed by atoms with Crippen LogP contribution in [0.15, 0.2) is 12.1 Å². The molecule has 1 aliphatic rings. The van der Waals surface area contributed by atoms with Gasteiger partial charge >= 0.3 is 0 Å². The van der Waals surface area contributed by atoms with Crippen molar-refractivity contribution in [3.05, 3.63) is 23.3 Å². The Morgan fingerprint density at radius 1 is 1.44 bits per heavy atom. The third-order valence-electron chi connectivity index (χ3n) is 3.21. The predicted molar refractivity (Wildman–Crippen MR) is 64.2 cm³/mol. The molecule has 0 saturated carbocycles. The van der Waals surface area contributed by atoms with Crippen molar-refractivity contribution >= 4 is 0 Å². The van der Waals surface area contributed by atoms with Gasteiger partial charge in [0.1, 0.15) is 0 Å². The van der Waals surface area contributed by atoms with Gasteiger partial charge in [0.15, 0.2) is 11.5 Å². The Kier molecular flexibility index (Phi) is 3.34. The van der Waals surface area contributed by atoms with Crippen LogP contribution in [-0.2, 0) is 0 Å². The van der Waals surface area contributed by atoms with E-state index in [0.717, 1.165) is 30.6 Å². The lowest BCUT2D eigenvalue weighted by Gasteiger charge is -2.24. The van der Waals surface area contributed by atoms with Crippen LogP contribution < -0.4 is 10.1 Å². The van der Waals surface area contributed by atoms with E-state index in [1.165, 1.54) is 6.42 Å². The molecule has 1 unspecified atom stereocenters. The highest BCUT2D eigenvalue weighted by Crippen LogP contribution is 2.37. The molecule has 0 aliphatic carbocycles. The summed E-state index contributed by atoms with van der Waals surface area (Å²) >= 11 is 0. The minimum absolute atomic E-state index is 0.307. The predicted octanol–water partition coefficient (Wildman–Crippen LogP) is 2.18. The normalized spacial score (nSPS) is 20.8. The van der Waals surface area contributed by atoms with E-state index in [9.17, 15) is 5.11 Å². The molecule has 1 saturated heterocycles. The number of benzene rings is 1. The lowest BCUT2D eigenvalue weighted by atomic mass is 9.90. The van der Waals surface area contributed by atoms with Crippen molar-refractivity contribution < 1.29 is 9.84 Å². The zero-order chi connectivity index (χ0) is 11.5. The first-order chi connectivity index (χ1) is 7.72. The smallest absolute Gasteiger partial charge is 0.161 e. The van der Waals surface area contributed by atoms with Gasteiger partial charge in [-0.2, -0.15) is 0 Å². The van der Waals surface area contributed by atoms with Crippen LogP contribution in [-0.4, -0.2) is 25.3 Å². The second kappa shape index (κ2) is 4.74. The summed E-state index contributed by atoms with van der Waals surface area (Å²) in [6.45, 7) is 4.06. The number of phenols is 1.